The molecule has 1 aromatic carbocycles. The van der Waals surface area contributed by atoms with Gasteiger partial charge in [-0.2, -0.15) is 0 Å². The normalized spacial score (nSPS) is 14.5. The number of nitrogens with one attached hydrogen (secondary N) is 1. The van der Waals surface area contributed by atoms with E-state index in [9.17, 15) is 0 Å². The van der Waals surface area contributed by atoms with E-state index in [-0.39, 0.29) is 0 Å². The number of benzene rings is 1. The van der Waals surface area contributed by atoms with Gasteiger partial charge in [0, 0.05) is 19.0 Å². The second-order valence-electron chi connectivity index (χ2n) is 3.76. The van der Waals surface area contributed by atoms with Crippen molar-refractivity contribution in [3.63, 3.8) is 0 Å². The van der Waals surface area contributed by atoms with Crippen LogP contribution in [0.15, 0.2) is 18.2 Å². The van der Waals surface area contributed by atoms with Gasteiger partial charge < -0.3 is 10.1 Å². The molecule has 1 aromatic rings. The molecular weight excluding hydrogens is 210 g/mol. The molecule has 1 N–H and O–H groups in total. The molecule has 0 saturated carbocycles. The Morgan fingerprint density at radius 3 is 3.20 bits per heavy atom. The zero-order valence-corrected chi connectivity index (χ0v) is 9.52. The van der Waals surface area contributed by atoms with Gasteiger partial charge in [0.25, 0.3) is 0 Å². The van der Waals surface area contributed by atoms with Crippen molar-refractivity contribution in [2.24, 2.45) is 0 Å². The molecule has 2 nitrogen and oxygen atoms in total. The molecule has 0 bridgehead atoms. The lowest BCUT2D eigenvalue weighted by atomic mass is 10.0. The monoisotopic (exact) mass is 225 g/mol. The van der Waals surface area contributed by atoms with Crippen LogP contribution in [0.3, 0.4) is 0 Å². The van der Waals surface area contributed by atoms with Gasteiger partial charge in [-0.05, 0) is 30.0 Å². The predicted octanol–water partition coefficient (Wildman–Crippen LogP) is 2.34. The molecule has 0 amide bonds. The Balaban J connectivity index is 2.00. The highest BCUT2D eigenvalue weighted by molar-refractivity contribution is 6.18. The molecule has 0 spiro atoms. The maximum Gasteiger partial charge on any atom is 0.122 e. The summed E-state index contributed by atoms with van der Waals surface area (Å²) in [5.41, 5.74) is 2.65. The zero-order valence-electron chi connectivity index (χ0n) is 8.76. The van der Waals surface area contributed by atoms with Crippen molar-refractivity contribution in [3.8, 4) is 5.75 Å². The van der Waals surface area contributed by atoms with Gasteiger partial charge in [-0.3, -0.25) is 0 Å². The highest BCUT2D eigenvalue weighted by atomic mass is 35.5. The molecule has 1 aliphatic rings. The molecule has 15 heavy (non-hydrogen) atoms. The van der Waals surface area contributed by atoms with Crippen molar-refractivity contribution in [2.45, 2.75) is 19.4 Å². The van der Waals surface area contributed by atoms with Crippen LogP contribution < -0.4 is 10.1 Å². The van der Waals surface area contributed by atoms with Crippen LogP contribution in [0.5, 0.6) is 5.75 Å². The first-order chi connectivity index (χ1) is 7.40. The Morgan fingerprint density at radius 2 is 2.33 bits per heavy atom. The van der Waals surface area contributed by atoms with Crippen molar-refractivity contribution >= 4 is 11.6 Å². The lowest BCUT2D eigenvalue weighted by molar-refractivity contribution is 0.288. The average Bonchev–Trinajstić information content (AvgIpc) is 2.29. The third-order valence-corrected chi connectivity index (χ3v) is 2.76. The van der Waals surface area contributed by atoms with E-state index < -0.39 is 0 Å². The molecule has 0 aliphatic carbocycles. The maximum absolute atomic E-state index is 5.60. The maximum atomic E-state index is 5.60. The molecule has 82 valence electrons. The Bertz CT molecular complexity index is 327. The largest absolute Gasteiger partial charge is 0.493 e. The number of hydrogen-bond acceptors (Lipinski definition) is 2. The van der Waals surface area contributed by atoms with Crippen molar-refractivity contribution < 1.29 is 4.74 Å². The molecule has 0 aromatic heterocycles. The smallest absolute Gasteiger partial charge is 0.122 e. The van der Waals surface area contributed by atoms with Crippen LogP contribution in [-0.4, -0.2) is 19.0 Å². The number of ether oxygens (including phenoxy) is 1. The van der Waals surface area contributed by atoms with Crippen LogP contribution in [-0.2, 0) is 13.0 Å². The molecule has 0 fully saturated rings. The van der Waals surface area contributed by atoms with Crippen LogP contribution in [0.2, 0.25) is 0 Å². The number of fused-ring (bicyclic) bond motifs is 1. The molecule has 0 radical (unpaired) electrons. The first kappa shape index (κ1) is 10.8. The van der Waals surface area contributed by atoms with Crippen molar-refractivity contribution in [2.75, 3.05) is 19.0 Å². The SMILES string of the molecule is ClCCNCc1ccc2c(c1)CCCO2. The fraction of sp³-hybridized carbons (Fsp3) is 0.500. The number of halogens is 1. The summed E-state index contributed by atoms with van der Waals surface area (Å²) in [6.45, 7) is 2.60. The van der Waals surface area contributed by atoms with E-state index in [1.165, 1.54) is 11.1 Å². The number of hydrogen-bond donors (Lipinski definition) is 1. The predicted molar refractivity (Wildman–Crippen MR) is 62.7 cm³/mol. The Hall–Kier alpha value is -0.730. The van der Waals surface area contributed by atoms with Gasteiger partial charge in [0.15, 0.2) is 0 Å². The van der Waals surface area contributed by atoms with Crippen molar-refractivity contribution in [1.29, 1.82) is 0 Å². The van der Waals surface area contributed by atoms with Crippen LogP contribution in [0, 0.1) is 0 Å². The van der Waals surface area contributed by atoms with Gasteiger partial charge in [-0.15, -0.1) is 11.6 Å². The molecule has 1 heterocycles. The molecule has 3 heteroatoms. The first-order valence-electron chi connectivity index (χ1n) is 5.41. The zero-order chi connectivity index (χ0) is 10.5. The minimum absolute atomic E-state index is 0.661. The molecule has 1 aliphatic heterocycles. The van der Waals surface area contributed by atoms with Crippen LogP contribution >= 0.6 is 11.6 Å². The topological polar surface area (TPSA) is 21.3 Å². The highest BCUT2D eigenvalue weighted by Crippen LogP contribution is 2.25. The summed E-state index contributed by atoms with van der Waals surface area (Å²) >= 11 is 5.60. The van der Waals surface area contributed by atoms with E-state index in [1.807, 2.05) is 0 Å². The number of aryl methyl sites for hydroxylation is 1. The fourth-order valence-corrected chi connectivity index (χ4v) is 1.96. The average molecular weight is 226 g/mol. The van der Waals surface area contributed by atoms with Gasteiger partial charge in [0.05, 0.1) is 6.61 Å². The van der Waals surface area contributed by atoms with Gasteiger partial charge in [0.2, 0.25) is 0 Å². The summed E-state index contributed by atoms with van der Waals surface area (Å²) in [4.78, 5) is 0. The Kier molecular flexibility index (Phi) is 3.87. The molecule has 2 rings (SSSR count). The minimum atomic E-state index is 0.661. The number of rotatable bonds is 4. The molecule has 0 saturated heterocycles. The van der Waals surface area contributed by atoms with Crippen molar-refractivity contribution in [1.82, 2.24) is 5.32 Å². The van der Waals surface area contributed by atoms with E-state index in [0.29, 0.717) is 5.88 Å². The van der Waals surface area contributed by atoms with E-state index in [2.05, 4.69) is 23.5 Å². The number of alkyl halides is 1. The van der Waals surface area contributed by atoms with E-state index >= 15 is 0 Å². The fourth-order valence-electron chi connectivity index (χ4n) is 1.82. The highest BCUT2D eigenvalue weighted by Gasteiger charge is 2.09. The van der Waals surface area contributed by atoms with Gasteiger partial charge in [-0.25, -0.2) is 0 Å². The quantitative estimate of drug-likeness (QED) is 0.628. The summed E-state index contributed by atoms with van der Waals surface area (Å²) in [5, 5.41) is 3.29. The van der Waals surface area contributed by atoms with E-state index in [0.717, 1.165) is 38.3 Å². The standard InChI is InChI=1S/C12H16ClNO/c13-5-6-14-9-10-3-4-12-11(8-10)2-1-7-15-12/h3-4,8,14H,1-2,5-7,9H2. The first-order valence-corrected chi connectivity index (χ1v) is 5.95. The van der Waals surface area contributed by atoms with Gasteiger partial charge in [0.1, 0.15) is 5.75 Å². The van der Waals surface area contributed by atoms with Crippen LogP contribution in [0.1, 0.15) is 17.5 Å². The van der Waals surface area contributed by atoms with Crippen molar-refractivity contribution in [3.05, 3.63) is 29.3 Å². The summed E-state index contributed by atoms with van der Waals surface area (Å²) < 4.78 is 5.56. The minimum Gasteiger partial charge on any atom is -0.493 e. The second kappa shape index (κ2) is 5.38. The third kappa shape index (κ3) is 2.86. The Labute approximate surface area is 95.6 Å². The lowest BCUT2D eigenvalue weighted by Gasteiger charge is -2.17. The summed E-state index contributed by atoms with van der Waals surface area (Å²) in [6.07, 6.45) is 2.27. The van der Waals surface area contributed by atoms with Gasteiger partial charge >= 0.3 is 0 Å². The molecular formula is C12H16ClNO. The summed E-state index contributed by atoms with van der Waals surface area (Å²) in [5.74, 6) is 1.72. The van der Waals surface area contributed by atoms with Crippen LogP contribution in [0.4, 0.5) is 0 Å². The lowest BCUT2D eigenvalue weighted by Crippen LogP contribution is -2.16. The van der Waals surface area contributed by atoms with Gasteiger partial charge in [-0.1, -0.05) is 12.1 Å². The third-order valence-electron chi connectivity index (χ3n) is 2.57. The summed E-state index contributed by atoms with van der Waals surface area (Å²) in [6, 6.07) is 6.42. The van der Waals surface area contributed by atoms with E-state index in [1.54, 1.807) is 0 Å². The summed E-state index contributed by atoms with van der Waals surface area (Å²) in [7, 11) is 0. The second-order valence-corrected chi connectivity index (χ2v) is 4.14. The molecule has 0 atom stereocenters. The van der Waals surface area contributed by atoms with Crippen LogP contribution in [0.25, 0.3) is 0 Å². The van der Waals surface area contributed by atoms with E-state index in [4.69, 9.17) is 16.3 Å². The molecule has 0 unspecified atom stereocenters. The Morgan fingerprint density at radius 1 is 1.40 bits per heavy atom.